The van der Waals surface area contributed by atoms with Crippen LogP contribution >= 0.6 is 0 Å². The SMILES string of the molecule is Bc1cnc(Nc2cc(F)c(-c3cccc(OCC)c3)cc2F)c(C(=O)O)c1. The van der Waals surface area contributed by atoms with Crippen LogP contribution in [0.15, 0.2) is 48.7 Å². The topological polar surface area (TPSA) is 71.5 Å². The smallest absolute Gasteiger partial charge is 0.339 e. The zero-order valence-corrected chi connectivity index (χ0v) is 15.3. The Labute approximate surface area is 161 Å². The number of carboxylic acid groups (broad SMARTS) is 1. The van der Waals surface area contributed by atoms with Gasteiger partial charge in [0.25, 0.3) is 0 Å². The van der Waals surface area contributed by atoms with Gasteiger partial charge in [-0.05, 0) is 36.8 Å². The van der Waals surface area contributed by atoms with E-state index in [0.29, 0.717) is 23.4 Å². The molecule has 2 N–H and O–H groups in total. The van der Waals surface area contributed by atoms with E-state index in [4.69, 9.17) is 4.74 Å². The molecule has 0 fully saturated rings. The van der Waals surface area contributed by atoms with E-state index in [-0.39, 0.29) is 22.6 Å². The van der Waals surface area contributed by atoms with E-state index in [1.165, 1.54) is 12.3 Å². The third-order valence-corrected chi connectivity index (χ3v) is 4.02. The number of aromatic nitrogens is 1. The molecule has 1 heterocycles. The van der Waals surface area contributed by atoms with Crippen molar-refractivity contribution in [2.75, 3.05) is 11.9 Å². The van der Waals surface area contributed by atoms with Crippen molar-refractivity contribution in [3.05, 3.63) is 65.9 Å². The highest BCUT2D eigenvalue weighted by Gasteiger charge is 2.16. The van der Waals surface area contributed by atoms with Gasteiger partial charge in [0.05, 0.1) is 12.3 Å². The molecule has 2 aromatic carbocycles. The lowest BCUT2D eigenvalue weighted by Gasteiger charge is -2.13. The predicted octanol–water partition coefficient (Wildman–Crippen LogP) is 3.13. The number of anilines is 2. The molecule has 0 atom stereocenters. The highest BCUT2D eigenvalue weighted by Crippen LogP contribution is 2.31. The van der Waals surface area contributed by atoms with Gasteiger partial charge in [-0.25, -0.2) is 18.6 Å². The average Bonchev–Trinajstić information content (AvgIpc) is 2.66. The summed E-state index contributed by atoms with van der Waals surface area (Å²) in [6.45, 7) is 2.29. The monoisotopic (exact) mass is 382 g/mol. The van der Waals surface area contributed by atoms with Crippen LogP contribution in [0.4, 0.5) is 20.3 Å². The lowest BCUT2D eigenvalue weighted by atomic mass is 9.97. The second-order valence-electron chi connectivity index (χ2n) is 6.11. The Morgan fingerprint density at radius 1 is 1.21 bits per heavy atom. The Balaban J connectivity index is 1.97. The van der Waals surface area contributed by atoms with Crippen LogP contribution in [0.1, 0.15) is 17.3 Å². The van der Waals surface area contributed by atoms with Crippen molar-refractivity contribution in [2.45, 2.75) is 6.92 Å². The van der Waals surface area contributed by atoms with Crippen molar-refractivity contribution < 1.29 is 23.4 Å². The van der Waals surface area contributed by atoms with E-state index < -0.39 is 17.6 Å². The fourth-order valence-electron chi connectivity index (χ4n) is 2.74. The third-order valence-electron chi connectivity index (χ3n) is 4.02. The summed E-state index contributed by atoms with van der Waals surface area (Å²) in [4.78, 5) is 15.4. The molecule has 0 amide bonds. The number of nitrogens with one attached hydrogen (secondary N) is 1. The number of aromatic carboxylic acids is 1. The van der Waals surface area contributed by atoms with Gasteiger partial charge in [0.2, 0.25) is 0 Å². The molecule has 0 spiro atoms. The maximum Gasteiger partial charge on any atom is 0.339 e. The number of benzene rings is 2. The van der Waals surface area contributed by atoms with Crippen molar-refractivity contribution in [3.8, 4) is 16.9 Å². The van der Waals surface area contributed by atoms with Crippen LogP contribution < -0.4 is 15.5 Å². The van der Waals surface area contributed by atoms with Crippen LogP contribution in [-0.4, -0.2) is 30.5 Å². The fourth-order valence-corrected chi connectivity index (χ4v) is 2.74. The van der Waals surface area contributed by atoms with Crippen LogP contribution in [0.25, 0.3) is 11.1 Å². The molecule has 142 valence electrons. The first-order chi connectivity index (χ1) is 13.4. The van der Waals surface area contributed by atoms with Gasteiger partial charge < -0.3 is 15.2 Å². The number of hydrogen-bond donors (Lipinski definition) is 2. The van der Waals surface area contributed by atoms with Gasteiger partial charge in [-0.15, -0.1) is 0 Å². The Bertz CT molecular complexity index is 1040. The second-order valence-corrected chi connectivity index (χ2v) is 6.11. The van der Waals surface area contributed by atoms with Crippen molar-refractivity contribution in [2.24, 2.45) is 0 Å². The van der Waals surface area contributed by atoms with Gasteiger partial charge in [0, 0.05) is 17.8 Å². The Morgan fingerprint density at radius 2 is 2.00 bits per heavy atom. The first kappa shape index (κ1) is 19.3. The molecule has 3 aromatic rings. The number of carboxylic acids is 1. The normalized spacial score (nSPS) is 10.5. The zero-order valence-electron chi connectivity index (χ0n) is 15.3. The molecule has 0 saturated heterocycles. The molecule has 1 aromatic heterocycles. The van der Waals surface area contributed by atoms with Gasteiger partial charge in [-0.1, -0.05) is 17.6 Å². The van der Waals surface area contributed by atoms with Crippen molar-refractivity contribution in [1.82, 2.24) is 4.98 Å². The number of halogens is 2. The predicted molar refractivity (Wildman–Crippen MR) is 106 cm³/mol. The third kappa shape index (κ3) is 4.11. The average molecular weight is 382 g/mol. The summed E-state index contributed by atoms with van der Waals surface area (Å²) < 4.78 is 34.7. The molecule has 0 radical (unpaired) electrons. The summed E-state index contributed by atoms with van der Waals surface area (Å²) in [5.41, 5.74) is 0.835. The molecule has 0 aliphatic heterocycles. The van der Waals surface area contributed by atoms with E-state index in [0.717, 1.165) is 12.1 Å². The zero-order chi connectivity index (χ0) is 20.3. The Hall–Kier alpha value is -3.42. The van der Waals surface area contributed by atoms with Crippen LogP contribution in [0, 0.1) is 11.6 Å². The quantitative estimate of drug-likeness (QED) is 0.641. The standard InChI is InChI=1S/C20H17BF2N2O3/c1-2-28-13-5-3-4-11(6-13)14-8-17(23)18(9-16(14)22)25-19-15(20(26)27)7-12(21)10-24-19/h3-10H,2,21H2,1H3,(H,24,25)(H,26,27). The number of pyridine rings is 1. The van der Waals surface area contributed by atoms with Gasteiger partial charge in [0.1, 0.15) is 36.6 Å². The summed E-state index contributed by atoms with van der Waals surface area (Å²) in [6, 6.07) is 10.1. The van der Waals surface area contributed by atoms with E-state index >= 15 is 0 Å². The van der Waals surface area contributed by atoms with E-state index in [2.05, 4.69) is 10.3 Å². The molecule has 3 rings (SSSR count). The van der Waals surface area contributed by atoms with E-state index in [1.54, 1.807) is 32.1 Å². The highest BCUT2D eigenvalue weighted by molar-refractivity contribution is 6.32. The summed E-state index contributed by atoms with van der Waals surface area (Å²) >= 11 is 0. The molecule has 0 bridgehead atoms. The molecular weight excluding hydrogens is 365 g/mol. The lowest BCUT2D eigenvalue weighted by molar-refractivity contribution is 0.0697. The minimum Gasteiger partial charge on any atom is -0.494 e. The van der Waals surface area contributed by atoms with Crippen molar-refractivity contribution in [1.29, 1.82) is 0 Å². The number of hydrogen-bond acceptors (Lipinski definition) is 4. The Kier molecular flexibility index (Phi) is 5.58. The molecule has 8 heteroatoms. The first-order valence-electron chi connectivity index (χ1n) is 8.58. The van der Waals surface area contributed by atoms with Crippen LogP contribution in [0.3, 0.4) is 0 Å². The van der Waals surface area contributed by atoms with Gasteiger partial charge in [-0.2, -0.15) is 0 Å². The Morgan fingerprint density at radius 3 is 2.71 bits per heavy atom. The van der Waals surface area contributed by atoms with Crippen molar-refractivity contribution in [3.63, 3.8) is 0 Å². The number of rotatable bonds is 6. The maximum absolute atomic E-state index is 14.7. The molecule has 5 nitrogen and oxygen atoms in total. The molecule has 0 aliphatic rings. The maximum atomic E-state index is 14.7. The van der Waals surface area contributed by atoms with Crippen LogP contribution in [-0.2, 0) is 0 Å². The molecular formula is C20H17BF2N2O3. The summed E-state index contributed by atoms with van der Waals surface area (Å²) in [5, 5.41) is 11.9. The van der Waals surface area contributed by atoms with Gasteiger partial charge in [-0.3, -0.25) is 0 Å². The second kappa shape index (κ2) is 8.08. The van der Waals surface area contributed by atoms with Crippen LogP contribution in [0.5, 0.6) is 5.75 Å². The molecule has 28 heavy (non-hydrogen) atoms. The molecule has 0 unspecified atom stereocenters. The summed E-state index contributed by atoms with van der Waals surface area (Å²) in [6.07, 6.45) is 1.44. The number of carbonyl (C=O) groups is 1. The largest absolute Gasteiger partial charge is 0.494 e. The van der Waals surface area contributed by atoms with E-state index in [9.17, 15) is 18.7 Å². The number of nitrogens with zero attached hydrogens (tertiary/aromatic N) is 1. The minimum absolute atomic E-state index is 0.0671. The minimum atomic E-state index is -1.22. The highest BCUT2D eigenvalue weighted by atomic mass is 19.1. The summed E-state index contributed by atoms with van der Waals surface area (Å²) in [7, 11) is 1.69. The first-order valence-corrected chi connectivity index (χ1v) is 8.58. The fraction of sp³-hybridized carbons (Fsp3) is 0.100. The van der Waals surface area contributed by atoms with Crippen molar-refractivity contribution >= 4 is 30.8 Å². The lowest BCUT2D eigenvalue weighted by Crippen LogP contribution is -2.13. The number of ether oxygens (including phenoxy) is 1. The molecule has 0 saturated carbocycles. The van der Waals surface area contributed by atoms with E-state index in [1.807, 2.05) is 6.92 Å². The summed E-state index contributed by atoms with van der Waals surface area (Å²) in [5.74, 6) is -2.14. The van der Waals surface area contributed by atoms with Crippen LogP contribution in [0.2, 0.25) is 0 Å². The van der Waals surface area contributed by atoms with Gasteiger partial charge in [0.15, 0.2) is 0 Å². The van der Waals surface area contributed by atoms with Gasteiger partial charge >= 0.3 is 5.97 Å². The molecule has 0 aliphatic carbocycles.